The number of ether oxygens (including phenoxy) is 1. The number of fused-ring (bicyclic) bond motifs is 4. The number of hydrogen-bond acceptors (Lipinski definition) is 9. The van der Waals surface area contributed by atoms with E-state index in [0.29, 0.717) is 40.3 Å². The van der Waals surface area contributed by atoms with E-state index in [1.165, 1.54) is 10.3 Å². The zero-order valence-electron chi connectivity index (χ0n) is 23.3. The van der Waals surface area contributed by atoms with Gasteiger partial charge in [-0.05, 0) is 43.9 Å². The van der Waals surface area contributed by atoms with Gasteiger partial charge in [0.05, 0.1) is 5.69 Å². The predicted octanol–water partition coefficient (Wildman–Crippen LogP) is 6.73. The Kier molecular flexibility index (Phi) is 7.18. The second kappa shape index (κ2) is 10.9. The number of anilines is 3. The Morgan fingerprint density at radius 1 is 1.12 bits per heavy atom. The summed E-state index contributed by atoms with van der Waals surface area (Å²) in [5, 5.41) is 19.2. The molecule has 5 aromatic rings. The van der Waals surface area contributed by atoms with E-state index in [4.69, 9.17) is 20.8 Å². The molecule has 0 saturated heterocycles. The highest BCUT2D eigenvalue weighted by atomic mass is 35.5. The summed E-state index contributed by atoms with van der Waals surface area (Å²) >= 11 is 7.39. The highest BCUT2D eigenvalue weighted by Gasteiger charge is 2.36. The third-order valence-electron chi connectivity index (χ3n) is 6.75. The van der Waals surface area contributed by atoms with Gasteiger partial charge in [-0.3, -0.25) is 14.9 Å². The molecule has 220 valence electrons. The number of amides is 3. The number of thiazole rings is 1. The van der Waals surface area contributed by atoms with Crippen LogP contribution in [0.5, 0.6) is 5.75 Å². The number of aromatic nitrogens is 2. The summed E-state index contributed by atoms with van der Waals surface area (Å²) in [4.78, 5) is 48.5. The van der Waals surface area contributed by atoms with Crippen LogP contribution in [0.2, 0.25) is 0 Å². The van der Waals surface area contributed by atoms with Crippen molar-refractivity contribution in [3.8, 4) is 5.75 Å². The van der Waals surface area contributed by atoms with Gasteiger partial charge in [-0.2, -0.15) is 0 Å². The van der Waals surface area contributed by atoms with Gasteiger partial charge in [-0.25, -0.2) is 14.8 Å². The monoisotopic (exact) mass is 619 g/mol. The summed E-state index contributed by atoms with van der Waals surface area (Å²) < 4.78 is 11.0. The maximum atomic E-state index is 13.6. The fourth-order valence-electron chi connectivity index (χ4n) is 4.98. The SMILES string of the molecule is CC(C)(C)OC(=O)Nc1nc(C(=O)Nc2ccc3nc(C(=O)N4C[C@@H](CCl)c5c4cc(O)c4ccccc54)oc3c2)cs1. The topological polar surface area (TPSA) is 147 Å². The highest BCUT2D eigenvalue weighted by molar-refractivity contribution is 7.14. The lowest BCUT2D eigenvalue weighted by Crippen LogP contribution is -2.30. The molecule has 1 atom stereocenters. The van der Waals surface area contributed by atoms with E-state index in [0.717, 1.165) is 22.3 Å². The Morgan fingerprint density at radius 2 is 1.88 bits per heavy atom. The maximum absolute atomic E-state index is 13.6. The fourth-order valence-corrected chi connectivity index (χ4v) is 5.90. The maximum Gasteiger partial charge on any atom is 0.413 e. The van der Waals surface area contributed by atoms with E-state index in [1.54, 1.807) is 45.0 Å². The lowest BCUT2D eigenvalue weighted by atomic mass is 9.95. The molecule has 6 rings (SSSR count). The first kappa shape index (κ1) is 28.4. The number of halogens is 1. The number of oxazole rings is 1. The molecule has 2 aromatic heterocycles. The van der Waals surface area contributed by atoms with Gasteiger partial charge in [0.2, 0.25) is 0 Å². The average molecular weight is 620 g/mol. The van der Waals surface area contributed by atoms with E-state index in [1.807, 2.05) is 24.3 Å². The molecule has 3 heterocycles. The molecular formula is C30H26ClN5O6S. The predicted molar refractivity (Wildman–Crippen MR) is 165 cm³/mol. The minimum atomic E-state index is -0.672. The normalized spacial score (nSPS) is 14.6. The molecule has 3 amide bonds. The van der Waals surface area contributed by atoms with Crippen LogP contribution in [-0.4, -0.2) is 51.0 Å². The summed E-state index contributed by atoms with van der Waals surface area (Å²) in [5.74, 6) is -0.894. The smallest absolute Gasteiger partial charge is 0.413 e. The van der Waals surface area contributed by atoms with Gasteiger partial charge in [0.25, 0.3) is 11.8 Å². The Morgan fingerprint density at radius 3 is 2.63 bits per heavy atom. The summed E-state index contributed by atoms with van der Waals surface area (Å²) in [5.41, 5.74) is 1.99. The molecular weight excluding hydrogens is 594 g/mol. The Labute approximate surface area is 254 Å². The quantitative estimate of drug-likeness (QED) is 0.184. The van der Waals surface area contributed by atoms with Crippen molar-refractivity contribution < 1.29 is 28.6 Å². The molecule has 0 spiro atoms. The Bertz CT molecular complexity index is 1910. The van der Waals surface area contributed by atoms with Crippen LogP contribution in [0.3, 0.4) is 0 Å². The summed E-state index contributed by atoms with van der Waals surface area (Å²) in [6.45, 7) is 5.54. The molecule has 1 aliphatic heterocycles. The number of benzene rings is 3. The van der Waals surface area contributed by atoms with Crippen LogP contribution in [0.1, 0.15) is 53.4 Å². The Hall–Kier alpha value is -4.68. The first-order valence-electron chi connectivity index (χ1n) is 13.3. The molecule has 0 radical (unpaired) electrons. The number of aromatic hydroxyl groups is 1. The largest absolute Gasteiger partial charge is 0.507 e. The van der Waals surface area contributed by atoms with Gasteiger partial charge in [-0.15, -0.1) is 22.9 Å². The zero-order chi connectivity index (χ0) is 30.5. The summed E-state index contributed by atoms with van der Waals surface area (Å²) in [6.07, 6.45) is -0.671. The van der Waals surface area contributed by atoms with Gasteiger partial charge in [-0.1, -0.05) is 24.3 Å². The standard InChI is InChI=1S/C30H26ClN5O6S/c1-30(2,3)42-29(40)35-28-34-20(14-43-28)25(38)32-16-8-9-19-23(10-16)41-26(33-19)27(39)36-13-15(12-31)24-18-7-5-4-6-17(18)22(37)11-21(24)36/h4-11,14-15,37H,12-13H2,1-3H3,(H,32,38)(H,34,35,40)/t15-/m1/s1. The van der Waals surface area contributed by atoms with Crippen molar-refractivity contribution in [3.63, 3.8) is 0 Å². The summed E-state index contributed by atoms with van der Waals surface area (Å²) in [7, 11) is 0. The van der Waals surface area contributed by atoms with E-state index in [2.05, 4.69) is 20.6 Å². The number of rotatable bonds is 5. The van der Waals surface area contributed by atoms with E-state index in [9.17, 15) is 19.5 Å². The average Bonchev–Trinajstić information content (AvgIpc) is 3.68. The van der Waals surface area contributed by atoms with Gasteiger partial charge in [0.1, 0.15) is 22.6 Å². The molecule has 13 heteroatoms. The first-order chi connectivity index (χ1) is 20.5. The van der Waals surface area contributed by atoms with E-state index < -0.39 is 23.5 Å². The lowest BCUT2D eigenvalue weighted by Gasteiger charge is -2.18. The van der Waals surface area contributed by atoms with E-state index in [-0.39, 0.29) is 28.4 Å². The van der Waals surface area contributed by atoms with Crippen molar-refractivity contribution in [1.82, 2.24) is 9.97 Å². The van der Waals surface area contributed by atoms with Crippen LogP contribution >= 0.6 is 22.9 Å². The summed E-state index contributed by atoms with van der Waals surface area (Å²) in [6, 6.07) is 13.8. The molecule has 0 saturated carbocycles. The van der Waals surface area contributed by atoms with Crippen LogP contribution in [0.15, 0.2) is 58.3 Å². The van der Waals surface area contributed by atoms with Crippen molar-refractivity contribution in [2.45, 2.75) is 32.3 Å². The van der Waals surface area contributed by atoms with Crippen molar-refractivity contribution in [3.05, 3.63) is 71.1 Å². The molecule has 11 nitrogen and oxygen atoms in total. The van der Waals surface area contributed by atoms with Gasteiger partial charge < -0.3 is 24.5 Å². The number of nitrogens with one attached hydrogen (secondary N) is 2. The molecule has 43 heavy (non-hydrogen) atoms. The molecule has 0 bridgehead atoms. The molecule has 3 aromatic carbocycles. The number of phenols is 1. The third-order valence-corrected chi connectivity index (χ3v) is 7.88. The van der Waals surface area contributed by atoms with Gasteiger partial charge in [0.15, 0.2) is 10.7 Å². The highest BCUT2D eigenvalue weighted by Crippen LogP contribution is 2.45. The van der Waals surface area contributed by atoms with Crippen molar-refractivity contribution >= 4 is 79.2 Å². The number of alkyl halides is 1. The number of carbonyl (C=O) groups is 3. The van der Waals surface area contributed by atoms with E-state index >= 15 is 0 Å². The zero-order valence-corrected chi connectivity index (χ0v) is 24.9. The van der Waals surface area contributed by atoms with Crippen molar-refractivity contribution in [2.75, 3.05) is 28.0 Å². The van der Waals surface area contributed by atoms with Crippen LogP contribution in [0.25, 0.3) is 21.9 Å². The van der Waals surface area contributed by atoms with Gasteiger partial charge >= 0.3 is 12.0 Å². The second-order valence-electron chi connectivity index (χ2n) is 11.0. The minimum Gasteiger partial charge on any atom is -0.507 e. The van der Waals surface area contributed by atoms with Crippen LogP contribution in [0.4, 0.5) is 21.3 Å². The van der Waals surface area contributed by atoms with Crippen molar-refractivity contribution in [2.24, 2.45) is 0 Å². The second-order valence-corrected chi connectivity index (χ2v) is 12.1. The molecule has 0 aliphatic carbocycles. The van der Waals surface area contributed by atoms with Crippen molar-refractivity contribution in [1.29, 1.82) is 0 Å². The minimum absolute atomic E-state index is 0.0631. The fraction of sp³-hybridized carbons (Fsp3) is 0.233. The number of phenolic OH excluding ortho intramolecular Hbond substituents is 1. The molecule has 1 aliphatic rings. The molecule has 3 N–H and O–H groups in total. The number of hydrogen-bond donors (Lipinski definition) is 3. The third kappa shape index (κ3) is 5.58. The van der Waals surface area contributed by atoms with Crippen LogP contribution in [-0.2, 0) is 4.74 Å². The van der Waals surface area contributed by atoms with Crippen LogP contribution in [0, 0.1) is 0 Å². The van der Waals surface area contributed by atoms with Gasteiger partial charge in [0, 0.05) is 46.9 Å². The first-order valence-corrected chi connectivity index (χ1v) is 14.7. The lowest BCUT2D eigenvalue weighted by molar-refractivity contribution is 0.0635. The molecule has 0 unspecified atom stereocenters. The number of nitrogens with zero attached hydrogens (tertiary/aromatic N) is 3. The van der Waals surface area contributed by atoms with Crippen LogP contribution < -0.4 is 15.5 Å². The Balaban J connectivity index is 1.20. The number of carbonyl (C=O) groups excluding carboxylic acids is 3. The molecule has 0 fully saturated rings.